The number of carbonyl (C=O) groups excluding carboxylic acids is 1. The molecule has 1 aromatic heterocycles. The molecule has 25 heavy (non-hydrogen) atoms. The number of nitrogens with one attached hydrogen (secondary N) is 1. The van der Waals surface area contributed by atoms with E-state index in [0.717, 1.165) is 13.0 Å². The van der Waals surface area contributed by atoms with Crippen molar-refractivity contribution in [2.75, 3.05) is 19.6 Å². The van der Waals surface area contributed by atoms with Crippen LogP contribution in [0.15, 0.2) is 28.8 Å². The number of rotatable bonds is 6. The molecule has 1 aliphatic rings. The highest BCUT2D eigenvalue weighted by Gasteiger charge is 2.28. The third kappa shape index (κ3) is 4.03. The molecule has 1 aromatic carbocycles. The van der Waals surface area contributed by atoms with Crippen LogP contribution in [-0.4, -0.2) is 51.7 Å². The number of aromatic nitrogens is 2. The number of benzene rings is 1. The van der Waals surface area contributed by atoms with Crippen molar-refractivity contribution in [2.24, 2.45) is 5.92 Å². The van der Waals surface area contributed by atoms with Crippen molar-refractivity contribution in [1.29, 1.82) is 0 Å². The summed E-state index contributed by atoms with van der Waals surface area (Å²) in [7, 11) is 0. The summed E-state index contributed by atoms with van der Waals surface area (Å²) in [6.45, 7) is 4.54. The molecule has 0 bridgehead atoms. The fourth-order valence-corrected chi connectivity index (χ4v) is 2.90. The van der Waals surface area contributed by atoms with Gasteiger partial charge in [-0.05, 0) is 32.0 Å². The first-order valence-electron chi connectivity index (χ1n) is 8.23. The average Bonchev–Trinajstić information content (AvgIpc) is 3.25. The molecule has 1 fully saturated rings. The van der Waals surface area contributed by atoms with Gasteiger partial charge in [-0.15, -0.1) is 0 Å². The van der Waals surface area contributed by atoms with Gasteiger partial charge in [-0.3, -0.25) is 9.69 Å². The largest absolute Gasteiger partial charge is 0.478 e. The summed E-state index contributed by atoms with van der Waals surface area (Å²) in [5, 5.41) is 15.7. The summed E-state index contributed by atoms with van der Waals surface area (Å²) in [6, 6.07) is 6.31. The Bertz CT molecular complexity index is 756. The van der Waals surface area contributed by atoms with E-state index in [2.05, 4.69) is 20.4 Å². The number of aromatic carboxylic acids is 1. The van der Waals surface area contributed by atoms with Crippen molar-refractivity contribution in [1.82, 2.24) is 20.4 Å². The smallest absolute Gasteiger partial charge is 0.335 e. The van der Waals surface area contributed by atoms with Gasteiger partial charge >= 0.3 is 5.97 Å². The van der Waals surface area contributed by atoms with Gasteiger partial charge in [0.25, 0.3) is 0 Å². The number of hydrogen-bond donors (Lipinski definition) is 2. The van der Waals surface area contributed by atoms with E-state index in [9.17, 15) is 9.59 Å². The van der Waals surface area contributed by atoms with Gasteiger partial charge in [0.1, 0.15) is 0 Å². The Morgan fingerprint density at radius 2 is 2.12 bits per heavy atom. The minimum absolute atomic E-state index is 0.00547. The van der Waals surface area contributed by atoms with Crippen molar-refractivity contribution in [3.05, 3.63) is 35.7 Å². The van der Waals surface area contributed by atoms with Gasteiger partial charge in [0.2, 0.25) is 17.6 Å². The van der Waals surface area contributed by atoms with Gasteiger partial charge in [-0.1, -0.05) is 17.3 Å². The predicted octanol–water partition coefficient (Wildman–Crippen LogP) is 1.39. The Morgan fingerprint density at radius 3 is 2.80 bits per heavy atom. The second kappa shape index (κ2) is 7.43. The van der Waals surface area contributed by atoms with Crippen molar-refractivity contribution >= 4 is 11.9 Å². The van der Waals surface area contributed by atoms with Gasteiger partial charge in [0.05, 0.1) is 18.0 Å². The SMILES string of the molecule is CCNC(=O)[C@H]1CCN(Cc2nc(-c3ccc(C(=O)O)cc3)no2)C1. The summed E-state index contributed by atoms with van der Waals surface area (Å²) in [5.41, 5.74) is 0.905. The molecule has 1 amide bonds. The molecule has 8 heteroatoms. The Hall–Kier alpha value is -2.74. The molecule has 8 nitrogen and oxygen atoms in total. The lowest BCUT2D eigenvalue weighted by molar-refractivity contribution is -0.124. The quantitative estimate of drug-likeness (QED) is 0.815. The maximum absolute atomic E-state index is 11.9. The lowest BCUT2D eigenvalue weighted by atomic mass is 10.1. The molecule has 0 spiro atoms. The molecule has 1 saturated heterocycles. The number of likely N-dealkylation sites (tertiary alicyclic amines) is 1. The van der Waals surface area contributed by atoms with Crippen LogP contribution in [0.25, 0.3) is 11.4 Å². The number of carbonyl (C=O) groups is 2. The zero-order valence-electron chi connectivity index (χ0n) is 13.9. The lowest BCUT2D eigenvalue weighted by Gasteiger charge is -2.13. The molecule has 0 unspecified atom stereocenters. The van der Waals surface area contributed by atoms with E-state index >= 15 is 0 Å². The van der Waals surface area contributed by atoms with E-state index in [1.807, 2.05) is 6.92 Å². The first-order valence-corrected chi connectivity index (χ1v) is 8.23. The van der Waals surface area contributed by atoms with Crippen LogP contribution in [0.4, 0.5) is 0 Å². The highest BCUT2D eigenvalue weighted by Crippen LogP contribution is 2.21. The van der Waals surface area contributed by atoms with Crippen molar-refractivity contribution < 1.29 is 19.2 Å². The number of hydrogen-bond acceptors (Lipinski definition) is 6. The third-order valence-corrected chi connectivity index (χ3v) is 4.21. The van der Waals surface area contributed by atoms with E-state index in [4.69, 9.17) is 9.63 Å². The van der Waals surface area contributed by atoms with Crippen LogP contribution in [0.1, 0.15) is 29.6 Å². The van der Waals surface area contributed by atoms with Crippen LogP contribution < -0.4 is 5.32 Å². The summed E-state index contributed by atoms with van der Waals surface area (Å²) in [6.07, 6.45) is 0.823. The van der Waals surface area contributed by atoms with Gasteiger partial charge in [-0.25, -0.2) is 4.79 Å². The zero-order chi connectivity index (χ0) is 17.8. The predicted molar refractivity (Wildman–Crippen MR) is 88.8 cm³/mol. The molecular formula is C17H20N4O4. The van der Waals surface area contributed by atoms with Gasteiger partial charge in [-0.2, -0.15) is 4.98 Å². The van der Waals surface area contributed by atoms with E-state index in [1.54, 1.807) is 12.1 Å². The normalized spacial score (nSPS) is 17.6. The summed E-state index contributed by atoms with van der Waals surface area (Å²) >= 11 is 0. The minimum Gasteiger partial charge on any atom is -0.478 e. The fourth-order valence-electron chi connectivity index (χ4n) is 2.90. The van der Waals surface area contributed by atoms with Crippen LogP contribution >= 0.6 is 0 Å². The molecule has 2 aromatic rings. The average molecular weight is 344 g/mol. The minimum atomic E-state index is -0.976. The van der Waals surface area contributed by atoms with E-state index in [1.165, 1.54) is 12.1 Å². The topological polar surface area (TPSA) is 109 Å². The maximum atomic E-state index is 11.9. The Balaban J connectivity index is 1.60. The van der Waals surface area contributed by atoms with E-state index < -0.39 is 5.97 Å². The van der Waals surface area contributed by atoms with Crippen LogP contribution in [0.2, 0.25) is 0 Å². The molecule has 1 atom stereocenters. The highest BCUT2D eigenvalue weighted by atomic mass is 16.5. The maximum Gasteiger partial charge on any atom is 0.335 e. The van der Waals surface area contributed by atoms with Crippen molar-refractivity contribution in [3.63, 3.8) is 0 Å². The molecule has 0 radical (unpaired) electrons. The second-order valence-corrected chi connectivity index (χ2v) is 6.01. The Kier molecular flexibility index (Phi) is 5.08. The van der Waals surface area contributed by atoms with Crippen LogP contribution in [0.3, 0.4) is 0 Å². The Labute approximate surface area is 144 Å². The molecular weight excluding hydrogens is 324 g/mol. The molecule has 1 aliphatic heterocycles. The third-order valence-electron chi connectivity index (χ3n) is 4.21. The van der Waals surface area contributed by atoms with Crippen LogP contribution in [0.5, 0.6) is 0 Å². The summed E-state index contributed by atoms with van der Waals surface area (Å²) in [5.74, 6) is 0.0250. The van der Waals surface area contributed by atoms with Gasteiger partial charge in [0, 0.05) is 18.7 Å². The Morgan fingerprint density at radius 1 is 1.36 bits per heavy atom. The number of carboxylic acids is 1. The number of carboxylic acid groups (broad SMARTS) is 1. The van der Waals surface area contributed by atoms with Crippen molar-refractivity contribution in [3.8, 4) is 11.4 Å². The number of nitrogens with zero attached hydrogens (tertiary/aromatic N) is 3. The first-order chi connectivity index (χ1) is 12.1. The second-order valence-electron chi connectivity index (χ2n) is 6.01. The molecule has 2 N–H and O–H groups in total. The van der Waals surface area contributed by atoms with Crippen molar-refractivity contribution in [2.45, 2.75) is 19.9 Å². The summed E-state index contributed by atoms with van der Waals surface area (Å²) < 4.78 is 5.28. The standard InChI is InChI=1S/C17H20N4O4/c1-2-18-16(22)13-7-8-21(9-13)10-14-19-15(20-25-14)11-3-5-12(6-4-11)17(23)24/h3-6,13H,2,7-10H2,1H3,(H,18,22)(H,23,24)/t13-/m0/s1. The molecule has 132 valence electrons. The highest BCUT2D eigenvalue weighted by molar-refractivity contribution is 5.88. The molecule has 0 aliphatic carbocycles. The molecule has 2 heterocycles. The zero-order valence-corrected chi connectivity index (χ0v) is 13.9. The van der Waals surface area contributed by atoms with Crippen LogP contribution in [0, 0.1) is 5.92 Å². The monoisotopic (exact) mass is 344 g/mol. The van der Waals surface area contributed by atoms with Crippen LogP contribution in [-0.2, 0) is 11.3 Å². The first kappa shape index (κ1) is 17.1. The van der Waals surface area contributed by atoms with E-state index in [0.29, 0.717) is 36.9 Å². The van der Waals surface area contributed by atoms with E-state index in [-0.39, 0.29) is 17.4 Å². The lowest BCUT2D eigenvalue weighted by Crippen LogP contribution is -2.32. The van der Waals surface area contributed by atoms with Gasteiger partial charge in [0.15, 0.2) is 0 Å². The molecule has 3 rings (SSSR count). The summed E-state index contributed by atoms with van der Waals surface area (Å²) in [4.78, 5) is 29.2. The number of amides is 1. The molecule has 0 saturated carbocycles. The van der Waals surface area contributed by atoms with Gasteiger partial charge < -0.3 is 14.9 Å². The fraction of sp³-hybridized carbons (Fsp3) is 0.412.